The highest BCUT2D eigenvalue weighted by Gasteiger charge is 2.38. The van der Waals surface area contributed by atoms with Crippen molar-refractivity contribution >= 4 is 29.1 Å². The second-order valence-electron chi connectivity index (χ2n) is 4.18. The minimum absolute atomic E-state index is 0.0432. The van der Waals surface area contributed by atoms with E-state index in [1.54, 1.807) is 6.92 Å². The normalized spacial score (nSPS) is 24.1. The number of benzene rings is 1. The van der Waals surface area contributed by atoms with Crippen LogP contribution in [0.1, 0.15) is 13.8 Å². The first-order valence-corrected chi connectivity index (χ1v) is 5.88. The lowest BCUT2D eigenvalue weighted by atomic mass is 10.1. The number of rotatable bonds is 1. The van der Waals surface area contributed by atoms with Gasteiger partial charge in [0.2, 0.25) is 11.8 Å². The summed E-state index contributed by atoms with van der Waals surface area (Å²) in [4.78, 5) is 24.9. The highest BCUT2D eigenvalue weighted by atomic mass is 35.5. The van der Waals surface area contributed by atoms with Crippen LogP contribution in [-0.2, 0) is 9.59 Å². The number of amides is 2. The molecule has 1 heterocycles. The number of carbonyl (C=O) groups is 2. The van der Waals surface area contributed by atoms with E-state index < -0.39 is 17.9 Å². The van der Waals surface area contributed by atoms with Gasteiger partial charge in [-0.3, -0.25) is 14.5 Å². The topological polar surface area (TPSA) is 49.4 Å². The van der Waals surface area contributed by atoms with Gasteiger partial charge in [0.25, 0.3) is 0 Å². The van der Waals surface area contributed by atoms with E-state index in [0.717, 1.165) is 4.90 Å². The summed E-state index contributed by atoms with van der Waals surface area (Å²) in [6, 6.07) is 2.66. The SMILES string of the molecule is CC1NC(=O)C(C)N(c2c(F)cccc2Cl)C1=O. The second-order valence-corrected chi connectivity index (χ2v) is 4.59. The fourth-order valence-electron chi connectivity index (χ4n) is 1.94. The van der Waals surface area contributed by atoms with Crippen molar-refractivity contribution in [2.24, 2.45) is 0 Å². The molecule has 6 heteroatoms. The minimum Gasteiger partial charge on any atom is -0.343 e. The van der Waals surface area contributed by atoms with Gasteiger partial charge in [-0.1, -0.05) is 17.7 Å². The quantitative estimate of drug-likeness (QED) is 0.845. The Labute approximate surface area is 109 Å². The van der Waals surface area contributed by atoms with Crippen LogP contribution in [0.5, 0.6) is 0 Å². The number of para-hydroxylation sites is 1. The second kappa shape index (κ2) is 4.57. The van der Waals surface area contributed by atoms with Gasteiger partial charge in [-0.2, -0.15) is 0 Å². The Bertz CT molecular complexity index is 501. The Morgan fingerprint density at radius 2 is 2.00 bits per heavy atom. The highest BCUT2D eigenvalue weighted by Crippen LogP contribution is 2.31. The maximum Gasteiger partial charge on any atom is 0.250 e. The summed E-state index contributed by atoms with van der Waals surface area (Å²) in [5.74, 6) is -1.33. The van der Waals surface area contributed by atoms with Gasteiger partial charge in [0, 0.05) is 0 Å². The first kappa shape index (κ1) is 12.8. The van der Waals surface area contributed by atoms with Crippen molar-refractivity contribution in [2.45, 2.75) is 25.9 Å². The first-order chi connectivity index (χ1) is 8.43. The van der Waals surface area contributed by atoms with Crippen LogP contribution in [0.3, 0.4) is 0 Å². The van der Waals surface area contributed by atoms with Gasteiger partial charge in [0.05, 0.1) is 10.7 Å². The van der Waals surface area contributed by atoms with Crippen LogP contribution >= 0.6 is 11.6 Å². The van der Waals surface area contributed by atoms with Crippen molar-refractivity contribution in [2.75, 3.05) is 4.90 Å². The molecule has 0 aliphatic carbocycles. The Balaban J connectivity index is 2.53. The highest BCUT2D eigenvalue weighted by molar-refractivity contribution is 6.34. The molecule has 2 amide bonds. The fraction of sp³-hybridized carbons (Fsp3) is 0.333. The van der Waals surface area contributed by atoms with Gasteiger partial charge in [0.1, 0.15) is 17.9 Å². The lowest BCUT2D eigenvalue weighted by Gasteiger charge is -2.36. The number of halogens is 2. The van der Waals surface area contributed by atoms with Crippen molar-refractivity contribution in [3.63, 3.8) is 0 Å². The summed E-state index contributed by atoms with van der Waals surface area (Å²) in [7, 11) is 0. The Morgan fingerprint density at radius 3 is 2.61 bits per heavy atom. The predicted molar refractivity (Wildman–Crippen MR) is 66.0 cm³/mol. The third kappa shape index (κ3) is 1.95. The number of carbonyl (C=O) groups excluding carboxylic acids is 2. The number of hydrogen-bond donors (Lipinski definition) is 1. The van der Waals surface area contributed by atoms with Crippen molar-refractivity contribution in [1.29, 1.82) is 0 Å². The van der Waals surface area contributed by atoms with E-state index in [4.69, 9.17) is 11.6 Å². The molecule has 1 N–H and O–H groups in total. The maximum absolute atomic E-state index is 13.8. The molecule has 0 aromatic heterocycles. The van der Waals surface area contributed by atoms with Crippen LogP contribution in [0.25, 0.3) is 0 Å². The van der Waals surface area contributed by atoms with Crippen LogP contribution in [0, 0.1) is 5.82 Å². The van der Waals surface area contributed by atoms with Crippen LogP contribution in [0.4, 0.5) is 10.1 Å². The summed E-state index contributed by atoms with van der Waals surface area (Å²) in [6.07, 6.45) is 0. The van der Waals surface area contributed by atoms with E-state index in [1.165, 1.54) is 25.1 Å². The predicted octanol–water partition coefficient (Wildman–Crippen LogP) is 1.72. The van der Waals surface area contributed by atoms with E-state index >= 15 is 0 Å². The molecule has 2 rings (SSSR count). The molecule has 1 saturated heterocycles. The molecule has 0 bridgehead atoms. The molecule has 96 valence electrons. The smallest absolute Gasteiger partial charge is 0.250 e. The number of nitrogens with zero attached hydrogens (tertiary/aromatic N) is 1. The Hall–Kier alpha value is -1.62. The molecule has 1 fully saturated rings. The summed E-state index contributed by atoms with van der Waals surface area (Å²) in [5.41, 5.74) is -0.0432. The lowest BCUT2D eigenvalue weighted by molar-refractivity contribution is -0.133. The zero-order valence-corrected chi connectivity index (χ0v) is 10.7. The average Bonchev–Trinajstić information content (AvgIpc) is 2.30. The van der Waals surface area contributed by atoms with Gasteiger partial charge < -0.3 is 5.32 Å². The zero-order chi connectivity index (χ0) is 13.4. The van der Waals surface area contributed by atoms with E-state index in [2.05, 4.69) is 5.32 Å². The van der Waals surface area contributed by atoms with Gasteiger partial charge in [-0.05, 0) is 26.0 Å². The molecule has 0 saturated carbocycles. The van der Waals surface area contributed by atoms with Crippen LogP contribution in [0.2, 0.25) is 5.02 Å². The lowest BCUT2D eigenvalue weighted by Crippen LogP contribution is -2.62. The monoisotopic (exact) mass is 270 g/mol. The summed E-state index contributed by atoms with van der Waals surface area (Å²) in [5, 5.41) is 2.63. The fourth-order valence-corrected chi connectivity index (χ4v) is 2.19. The molecule has 18 heavy (non-hydrogen) atoms. The van der Waals surface area contributed by atoms with Crippen molar-refractivity contribution < 1.29 is 14.0 Å². The van der Waals surface area contributed by atoms with Crippen LogP contribution in [-0.4, -0.2) is 23.9 Å². The molecule has 1 aromatic rings. The molecule has 1 aromatic carbocycles. The van der Waals surface area contributed by atoms with E-state index in [0.29, 0.717) is 0 Å². The van der Waals surface area contributed by atoms with Crippen molar-refractivity contribution in [3.8, 4) is 0 Å². The van der Waals surface area contributed by atoms with Gasteiger partial charge in [-0.25, -0.2) is 4.39 Å². The van der Waals surface area contributed by atoms with Crippen LogP contribution in [0.15, 0.2) is 18.2 Å². The maximum atomic E-state index is 13.8. The molecular weight excluding hydrogens is 259 g/mol. The molecule has 2 atom stereocenters. The van der Waals surface area contributed by atoms with Gasteiger partial charge >= 0.3 is 0 Å². The van der Waals surface area contributed by atoms with Gasteiger partial charge in [0.15, 0.2) is 0 Å². The van der Waals surface area contributed by atoms with Crippen LogP contribution < -0.4 is 10.2 Å². The molecule has 0 radical (unpaired) electrons. The first-order valence-electron chi connectivity index (χ1n) is 5.51. The number of hydrogen-bond acceptors (Lipinski definition) is 2. The summed E-state index contributed by atoms with van der Waals surface area (Å²) in [6.45, 7) is 3.08. The molecule has 0 spiro atoms. The Kier molecular flexibility index (Phi) is 3.26. The molecular formula is C12H12ClFN2O2. The molecule has 4 nitrogen and oxygen atoms in total. The number of piperazine rings is 1. The Morgan fingerprint density at radius 1 is 1.33 bits per heavy atom. The third-order valence-corrected chi connectivity index (χ3v) is 3.22. The third-order valence-electron chi connectivity index (χ3n) is 2.91. The number of anilines is 1. The molecule has 1 aliphatic heterocycles. The average molecular weight is 271 g/mol. The zero-order valence-electron chi connectivity index (χ0n) is 9.91. The standard InChI is InChI=1S/C12H12ClFN2O2/c1-6-12(18)16(7(2)11(17)15-6)10-8(13)4-3-5-9(10)14/h3-7H,1-2H3,(H,15,17). The summed E-state index contributed by atoms with van der Waals surface area (Å²) < 4.78 is 13.8. The van der Waals surface area contributed by atoms with Crippen molar-refractivity contribution in [1.82, 2.24) is 5.32 Å². The molecule has 1 aliphatic rings. The van der Waals surface area contributed by atoms with Crippen molar-refractivity contribution in [3.05, 3.63) is 29.0 Å². The van der Waals surface area contributed by atoms with E-state index in [-0.39, 0.29) is 22.5 Å². The number of nitrogens with one attached hydrogen (secondary N) is 1. The summed E-state index contributed by atoms with van der Waals surface area (Å²) >= 11 is 5.92. The van der Waals surface area contributed by atoms with E-state index in [1.807, 2.05) is 0 Å². The molecule has 2 unspecified atom stereocenters. The van der Waals surface area contributed by atoms with Gasteiger partial charge in [-0.15, -0.1) is 0 Å². The minimum atomic E-state index is -0.789. The van der Waals surface area contributed by atoms with E-state index in [9.17, 15) is 14.0 Å². The largest absolute Gasteiger partial charge is 0.343 e.